The molecule has 1 aliphatic carbocycles. The van der Waals surface area contributed by atoms with Crippen molar-refractivity contribution in [2.45, 2.75) is 38.3 Å². The van der Waals surface area contributed by atoms with Crippen LogP contribution in [0.2, 0.25) is 0 Å². The van der Waals surface area contributed by atoms with Crippen molar-refractivity contribution in [1.82, 2.24) is 0 Å². The topological polar surface area (TPSA) is 52.3 Å². The summed E-state index contributed by atoms with van der Waals surface area (Å²) in [5, 5.41) is 0. The van der Waals surface area contributed by atoms with E-state index in [0.717, 1.165) is 24.8 Å². The molecule has 0 amide bonds. The van der Waals surface area contributed by atoms with Gasteiger partial charge < -0.3 is 10.5 Å². The van der Waals surface area contributed by atoms with Crippen LogP contribution in [0.5, 0.6) is 0 Å². The fourth-order valence-electron chi connectivity index (χ4n) is 2.08. The number of aryl methyl sites for hydroxylation is 1. The number of ether oxygens (including phenoxy) is 1. The van der Waals surface area contributed by atoms with E-state index in [-0.39, 0.29) is 12.1 Å². The van der Waals surface area contributed by atoms with E-state index in [0.29, 0.717) is 0 Å². The molecule has 0 heterocycles. The fraction of sp³-hybridized carbons (Fsp3) is 0.462. The first-order valence-corrected chi connectivity index (χ1v) is 5.72. The van der Waals surface area contributed by atoms with Gasteiger partial charge in [-0.1, -0.05) is 24.3 Å². The third-order valence-electron chi connectivity index (χ3n) is 2.94. The predicted octanol–water partition coefficient (Wildman–Crippen LogP) is 1.95. The highest BCUT2D eigenvalue weighted by atomic mass is 16.5. The maximum atomic E-state index is 11.5. The Labute approximate surface area is 95.6 Å². The molecule has 0 saturated carbocycles. The molecule has 0 fully saturated rings. The minimum atomic E-state index is -0.547. The summed E-state index contributed by atoms with van der Waals surface area (Å²) in [7, 11) is 0. The third-order valence-corrected chi connectivity index (χ3v) is 2.94. The zero-order valence-electron chi connectivity index (χ0n) is 9.48. The van der Waals surface area contributed by atoms with Gasteiger partial charge in [0.05, 0.1) is 0 Å². The van der Waals surface area contributed by atoms with Crippen LogP contribution in [0.1, 0.15) is 37.0 Å². The summed E-state index contributed by atoms with van der Waals surface area (Å²) in [5.41, 5.74) is 7.93. The van der Waals surface area contributed by atoms with Crippen molar-refractivity contribution in [3.8, 4) is 0 Å². The van der Waals surface area contributed by atoms with Gasteiger partial charge in [-0.3, -0.25) is 4.79 Å². The number of esters is 1. The van der Waals surface area contributed by atoms with E-state index in [1.165, 1.54) is 5.56 Å². The molecule has 16 heavy (non-hydrogen) atoms. The van der Waals surface area contributed by atoms with Gasteiger partial charge in [0.15, 0.2) is 0 Å². The van der Waals surface area contributed by atoms with Crippen molar-refractivity contribution in [2.75, 3.05) is 0 Å². The summed E-state index contributed by atoms with van der Waals surface area (Å²) in [6, 6.07) is 7.59. The van der Waals surface area contributed by atoms with Crippen LogP contribution in [0, 0.1) is 0 Å². The lowest BCUT2D eigenvalue weighted by molar-refractivity contribution is -0.151. The van der Waals surface area contributed by atoms with Crippen LogP contribution in [-0.4, -0.2) is 12.0 Å². The van der Waals surface area contributed by atoms with Gasteiger partial charge in [0, 0.05) is 0 Å². The van der Waals surface area contributed by atoms with Crippen LogP contribution < -0.4 is 5.73 Å². The molecule has 86 valence electrons. The van der Waals surface area contributed by atoms with E-state index in [2.05, 4.69) is 6.07 Å². The minimum absolute atomic E-state index is 0.108. The van der Waals surface area contributed by atoms with Gasteiger partial charge in [-0.2, -0.15) is 0 Å². The smallest absolute Gasteiger partial charge is 0.323 e. The number of rotatable bonds is 2. The minimum Gasteiger partial charge on any atom is -0.456 e. The second-order valence-corrected chi connectivity index (χ2v) is 4.31. The summed E-state index contributed by atoms with van der Waals surface area (Å²) in [6.07, 6.45) is 2.93. The van der Waals surface area contributed by atoms with Gasteiger partial charge >= 0.3 is 5.97 Å². The maximum Gasteiger partial charge on any atom is 0.323 e. The summed E-state index contributed by atoms with van der Waals surface area (Å²) in [5.74, 6) is -0.318. The van der Waals surface area contributed by atoms with Gasteiger partial charge in [0.25, 0.3) is 0 Å². The predicted molar refractivity (Wildman–Crippen MR) is 61.9 cm³/mol. The highest BCUT2D eigenvalue weighted by molar-refractivity contribution is 5.75. The Balaban J connectivity index is 2.16. The Bertz CT molecular complexity index is 387. The largest absolute Gasteiger partial charge is 0.456 e. The molecule has 0 aromatic heterocycles. The van der Waals surface area contributed by atoms with E-state index < -0.39 is 6.04 Å². The Hall–Kier alpha value is -1.35. The van der Waals surface area contributed by atoms with Crippen molar-refractivity contribution < 1.29 is 9.53 Å². The fourth-order valence-corrected chi connectivity index (χ4v) is 2.08. The first-order valence-electron chi connectivity index (χ1n) is 5.72. The van der Waals surface area contributed by atoms with Crippen LogP contribution in [0.3, 0.4) is 0 Å². The first-order chi connectivity index (χ1) is 7.68. The molecule has 2 rings (SSSR count). The molecule has 0 spiro atoms. The van der Waals surface area contributed by atoms with Crippen LogP contribution in [0.25, 0.3) is 0 Å². The van der Waals surface area contributed by atoms with Gasteiger partial charge in [-0.25, -0.2) is 0 Å². The molecule has 0 radical (unpaired) electrons. The van der Waals surface area contributed by atoms with E-state index in [9.17, 15) is 4.79 Å². The number of benzene rings is 1. The van der Waals surface area contributed by atoms with Crippen LogP contribution in [0.15, 0.2) is 24.3 Å². The highest BCUT2D eigenvalue weighted by Gasteiger charge is 2.24. The molecule has 0 saturated heterocycles. The zero-order chi connectivity index (χ0) is 11.5. The van der Waals surface area contributed by atoms with Crippen LogP contribution >= 0.6 is 0 Å². The summed E-state index contributed by atoms with van der Waals surface area (Å²) >= 11 is 0. The van der Waals surface area contributed by atoms with Crippen molar-refractivity contribution in [3.63, 3.8) is 0 Å². The van der Waals surface area contributed by atoms with Crippen molar-refractivity contribution in [1.29, 1.82) is 0 Å². The van der Waals surface area contributed by atoms with Crippen LogP contribution in [-0.2, 0) is 16.0 Å². The zero-order valence-corrected chi connectivity index (χ0v) is 9.48. The summed E-state index contributed by atoms with van der Waals surface area (Å²) in [6.45, 7) is 1.65. The molecule has 1 unspecified atom stereocenters. The van der Waals surface area contributed by atoms with Gasteiger partial charge in [0.2, 0.25) is 0 Å². The van der Waals surface area contributed by atoms with Gasteiger partial charge in [0.1, 0.15) is 12.1 Å². The average molecular weight is 219 g/mol. The van der Waals surface area contributed by atoms with Crippen LogP contribution in [0.4, 0.5) is 0 Å². The lowest BCUT2D eigenvalue weighted by atomic mass is 9.89. The average Bonchev–Trinajstić information content (AvgIpc) is 2.29. The second kappa shape index (κ2) is 4.66. The molecule has 3 heteroatoms. The number of carbonyl (C=O) groups excluding carboxylic acids is 1. The van der Waals surface area contributed by atoms with E-state index in [4.69, 9.17) is 10.5 Å². The quantitative estimate of drug-likeness (QED) is 0.773. The number of fused-ring (bicyclic) bond motifs is 1. The standard InChI is InChI=1S/C13H17NO2/c1-9(14)13(15)16-12-8-4-6-10-5-2-3-7-11(10)12/h2-3,5,7,9,12H,4,6,8,14H2,1H3/t9-,12?/m1/s1. The molecular formula is C13H17NO2. The maximum absolute atomic E-state index is 11.5. The van der Waals surface area contributed by atoms with Gasteiger partial charge in [-0.05, 0) is 37.3 Å². The van der Waals surface area contributed by atoms with Gasteiger partial charge in [-0.15, -0.1) is 0 Å². The summed E-state index contributed by atoms with van der Waals surface area (Å²) in [4.78, 5) is 11.5. The van der Waals surface area contributed by atoms with E-state index >= 15 is 0 Å². The Morgan fingerprint density at radius 2 is 2.25 bits per heavy atom. The SMILES string of the molecule is C[C@@H](N)C(=O)OC1CCCc2ccccc21. The second-order valence-electron chi connectivity index (χ2n) is 4.31. The number of carbonyl (C=O) groups is 1. The Kier molecular flexibility index (Phi) is 3.25. The Morgan fingerprint density at radius 1 is 1.50 bits per heavy atom. The van der Waals surface area contributed by atoms with Crippen molar-refractivity contribution >= 4 is 5.97 Å². The number of hydrogen-bond acceptors (Lipinski definition) is 3. The molecule has 2 atom stereocenters. The normalized spacial score (nSPS) is 21.0. The molecule has 3 nitrogen and oxygen atoms in total. The molecule has 0 aliphatic heterocycles. The molecule has 2 N–H and O–H groups in total. The lowest BCUT2D eigenvalue weighted by Gasteiger charge is -2.25. The molecular weight excluding hydrogens is 202 g/mol. The van der Waals surface area contributed by atoms with E-state index in [1.807, 2.05) is 18.2 Å². The molecule has 1 aliphatic rings. The first kappa shape index (κ1) is 11.1. The van der Waals surface area contributed by atoms with Crippen molar-refractivity contribution in [2.24, 2.45) is 5.73 Å². The van der Waals surface area contributed by atoms with Crippen molar-refractivity contribution in [3.05, 3.63) is 35.4 Å². The number of hydrogen-bond donors (Lipinski definition) is 1. The summed E-state index contributed by atoms with van der Waals surface area (Å²) < 4.78 is 5.42. The Morgan fingerprint density at radius 3 is 3.00 bits per heavy atom. The molecule has 1 aromatic rings. The highest BCUT2D eigenvalue weighted by Crippen LogP contribution is 2.32. The molecule has 0 bridgehead atoms. The van der Waals surface area contributed by atoms with E-state index in [1.54, 1.807) is 6.92 Å². The lowest BCUT2D eigenvalue weighted by Crippen LogP contribution is -2.30. The molecule has 1 aromatic carbocycles. The number of nitrogens with two attached hydrogens (primary N) is 1. The monoisotopic (exact) mass is 219 g/mol. The third kappa shape index (κ3) is 2.25.